The Bertz CT molecular complexity index is 422. The van der Waals surface area contributed by atoms with Gasteiger partial charge in [0.25, 0.3) is 0 Å². The second-order valence-corrected chi connectivity index (χ2v) is 3.71. The van der Waals surface area contributed by atoms with Gasteiger partial charge >= 0.3 is 5.97 Å². The maximum absolute atomic E-state index is 11.4. The Hall–Kier alpha value is -1.78. The second kappa shape index (κ2) is 5.34. The van der Waals surface area contributed by atoms with E-state index in [1.807, 2.05) is 18.4 Å². The predicted molar refractivity (Wildman–Crippen MR) is 58.8 cm³/mol. The van der Waals surface area contributed by atoms with Crippen LogP contribution in [0.15, 0.2) is 23.3 Å². The van der Waals surface area contributed by atoms with Gasteiger partial charge in [-0.25, -0.2) is 0 Å². The number of carboxylic acids is 1. The van der Waals surface area contributed by atoms with E-state index in [2.05, 4.69) is 0 Å². The van der Waals surface area contributed by atoms with E-state index in [-0.39, 0.29) is 30.2 Å². The number of ether oxygens (including phenoxy) is 1. The first kappa shape index (κ1) is 12.3. The monoisotopic (exact) mass is 225 g/mol. The first-order valence-electron chi connectivity index (χ1n) is 5.07. The zero-order chi connectivity index (χ0) is 12.1. The molecule has 0 spiro atoms. The van der Waals surface area contributed by atoms with Crippen molar-refractivity contribution in [1.29, 1.82) is 0 Å². The van der Waals surface area contributed by atoms with Crippen LogP contribution >= 0.6 is 0 Å². The third-order valence-electron chi connectivity index (χ3n) is 2.08. The Kier molecular flexibility index (Phi) is 4.10. The summed E-state index contributed by atoms with van der Waals surface area (Å²) in [5.74, 6) is -0.752. The fourth-order valence-corrected chi connectivity index (χ4v) is 1.16. The number of rotatable bonds is 5. The van der Waals surface area contributed by atoms with Gasteiger partial charge in [0.05, 0.1) is 19.2 Å². The maximum Gasteiger partial charge on any atom is 0.306 e. The van der Waals surface area contributed by atoms with E-state index in [4.69, 9.17) is 9.84 Å². The van der Waals surface area contributed by atoms with Crippen LogP contribution in [-0.2, 0) is 4.79 Å². The van der Waals surface area contributed by atoms with Gasteiger partial charge in [0.1, 0.15) is 0 Å². The number of carboxylic acid groups (broad SMARTS) is 1. The summed E-state index contributed by atoms with van der Waals surface area (Å²) in [6.07, 6.45) is 3.15. The summed E-state index contributed by atoms with van der Waals surface area (Å²) in [5.41, 5.74) is -0.234. The van der Waals surface area contributed by atoms with Crippen molar-refractivity contribution in [3.63, 3.8) is 0 Å². The number of aliphatic carboxylic acids is 1. The normalized spacial score (nSPS) is 10.4. The van der Waals surface area contributed by atoms with Crippen LogP contribution in [0, 0.1) is 0 Å². The molecule has 0 aliphatic carbocycles. The van der Waals surface area contributed by atoms with Gasteiger partial charge in [0.2, 0.25) is 5.43 Å². The highest BCUT2D eigenvalue weighted by Crippen LogP contribution is 2.08. The largest absolute Gasteiger partial charge is 0.487 e. The Balaban J connectivity index is 2.74. The summed E-state index contributed by atoms with van der Waals surface area (Å²) >= 11 is 0. The molecule has 1 aromatic heterocycles. The molecule has 1 N–H and O–H groups in total. The Labute approximate surface area is 93.3 Å². The first-order chi connectivity index (χ1) is 7.50. The molecule has 1 aromatic rings. The Morgan fingerprint density at radius 3 is 2.81 bits per heavy atom. The molecule has 0 fully saturated rings. The lowest BCUT2D eigenvalue weighted by molar-refractivity contribution is -0.137. The van der Waals surface area contributed by atoms with E-state index in [9.17, 15) is 9.59 Å². The van der Waals surface area contributed by atoms with Crippen molar-refractivity contribution in [2.75, 3.05) is 6.61 Å². The third kappa shape index (κ3) is 3.42. The molecule has 1 rings (SSSR count). The fourth-order valence-electron chi connectivity index (χ4n) is 1.16. The van der Waals surface area contributed by atoms with Crippen LogP contribution in [0.25, 0.3) is 0 Å². The van der Waals surface area contributed by atoms with E-state index >= 15 is 0 Å². The van der Waals surface area contributed by atoms with Crippen LogP contribution in [0.2, 0.25) is 0 Å². The average molecular weight is 225 g/mol. The van der Waals surface area contributed by atoms with Crippen molar-refractivity contribution in [2.24, 2.45) is 0 Å². The molecule has 0 saturated carbocycles. The van der Waals surface area contributed by atoms with Gasteiger partial charge in [-0.2, -0.15) is 0 Å². The highest BCUT2D eigenvalue weighted by atomic mass is 16.5. The summed E-state index contributed by atoms with van der Waals surface area (Å²) in [6.45, 7) is 3.96. The Morgan fingerprint density at radius 1 is 1.56 bits per heavy atom. The maximum atomic E-state index is 11.4. The molecule has 0 aromatic carbocycles. The van der Waals surface area contributed by atoms with Crippen molar-refractivity contribution in [2.45, 2.75) is 26.3 Å². The SMILES string of the molecule is CC(C)n1ccc(=O)c(OCCC(=O)O)c1. The van der Waals surface area contributed by atoms with E-state index in [0.29, 0.717) is 0 Å². The number of carbonyl (C=O) groups is 1. The molecule has 0 amide bonds. The lowest BCUT2D eigenvalue weighted by Gasteiger charge is -2.12. The molecular weight excluding hydrogens is 210 g/mol. The molecule has 0 unspecified atom stereocenters. The fraction of sp³-hybridized carbons (Fsp3) is 0.455. The number of hydrogen-bond donors (Lipinski definition) is 1. The molecule has 16 heavy (non-hydrogen) atoms. The van der Waals surface area contributed by atoms with Crippen molar-refractivity contribution >= 4 is 5.97 Å². The molecule has 0 atom stereocenters. The van der Waals surface area contributed by atoms with Crippen molar-refractivity contribution in [3.8, 4) is 5.75 Å². The van der Waals surface area contributed by atoms with Crippen molar-refractivity contribution in [1.82, 2.24) is 4.57 Å². The lowest BCUT2D eigenvalue weighted by atomic mass is 10.3. The van der Waals surface area contributed by atoms with E-state index in [1.54, 1.807) is 12.4 Å². The molecule has 0 bridgehead atoms. The summed E-state index contributed by atoms with van der Waals surface area (Å²) in [6, 6.07) is 1.64. The van der Waals surface area contributed by atoms with Crippen LogP contribution in [0.1, 0.15) is 26.3 Å². The van der Waals surface area contributed by atoms with E-state index < -0.39 is 5.97 Å². The zero-order valence-corrected chi connectivity index (χ0v) is 9.34. The van der Waals surface area contributed by atoms with Gasteiger partial charge in [-0.1, -0.05) is 0 Å². The first-order valence-corrected chi connectivity index (χ1v) is 5.07. The summed E-state index contributed by atoms with van der Waals surface area (Å²) in [7, 11) is 0. The van der Waals surface area contributed by atoms with Gasteiger partial charge < -0.3 is 14.4 Å². The molecular formula is C11H15NO4. The van der Waals surface area contributed by atoms with Gasteiger partial charge in [-0.15, -0.1) is 0 Å². The van der Waals surface area contributed by atoms with Crippen LogP contribution in [0.5, 0.6) is 5.75 Å². The number of aromatic nitrogens is 1. The van der Waals surface area contributed by atoms with Crippen LogP contribution < -0.4 is 10.2 Å². The average Bonchev–Trinajstić information content (AvgIpc) is 2.20. The van der Waals surface area contributed by atoms with Crippen LogP contribution in [0.3, 0.4) is 0 Å². The highest BCUT2D eigenvalue weighted by molar-refractivity contribution is 5.66. The minimum absolute atomic E-state index is 0.00663. The number of pyridine rings is 1. The van der Waals surface area contributed by atoms with E-state index in [0.717, 1.165) is 0 Å². The van der Waals surface area contributed by atoms with Crippen LogP contribution in [-0.4, -0.2) is 22.2 Å². The summed E-state index contributed by atoms with van der Waals surface area (Å²) in [5, 5.41) is 8.44. The van der Waals surface area contributed by atoms with Gasteiger partial charge in [-0.3, -0.25) is 9.59 Å². The summed E-state index contributed by atoms with van der Waals surface area (Å²) in [4.78, 5) is 21.7. The molecule has 0 aliphatic heterocycles. The molecule has 88 valence electrons. The lowest BCUT2D eigenvalue weighted by Crippen LogP contribution is -2.14. The van der Waals surface area contributed by atoms with Crippen molar-refractivity contribution in [3.05, 3.63) is 28.7 Å². The standard InChI is InChI=1S/C11H15NO4/c1-8(2)12-5-3-9(13)10(7-12)16-6-4-11(14)15/h3,5,7-8H,4,6H2,1-2H3,(H,14,15). The molecule has 0 radical (unpaired) electrons. The van der Waals surface area contributed by atoms with Gasteiger partial charge in [0, 0.05) is 18.3 Å². The summed E-state index contributed by atoms with van der Waals surface area (Å²) < 4.78 is 6.96. The minimum Gasteiger partial charge on any atom is -0.487 e. The van der Waals surface area contributed by atoms with Crippen molar-refractivity contribution < 1.29 is 14.6 Å². The topological polar surface area (TPSA) is 68.5 Å². The highest BCUT2D eigenvalue weighted by Gasteiger charge is 2.04. The van der Waals surface area contributed by atoms with Gasteiger partial charge in [0.15, 0.2) is 5.75 Å². The molecule has 0 saturated heterocycles. The molecule has 1 heterocycles. The third-order valence-corrected chi connectivity index (χ3v) is 2.08. The molecule has 5 heteroatoms. The number of nitrogens with zero attached hydrogens (tertiary/aromatic N) is 1. The zero-order valence-electron chi connectivity index (χ0n) is 9.34. The van der Waals surface area contributed by atoms with Crippen LogP contribution in [0.4, 0.5) is 0 Å². The second-order valence-electron chi connectivity index (χ2n) is 3.71. The Morgan fingerprint density at radius 2 is 2.25 bits per heavy atom. The van der Waals surface area contributed by atoms with E-state index in [1.165, 1.54) is 6.07 Å². The minimum atomic E-state index is -0.944. The smallest absolute Gasteiger partial charge is 0.306 e. The van der Waals surface area contributed by atoms with Gasteiger partial charge in [-0.05, 0) is 13.8 Å². The quantitative estimate of drug-likeness (QED) is 0.819. The number of hydrogen-bond acceptors (Lipinski definition) is 3. The predicted octanol–water partition coefficient (Wildman–Crippen LogP) is 1.28. The molecule has 5 nitrogen and oxygen atoms in total. The molecule has 0 aliphatic rings.